The smallest absolute Gasteiger partial charge is 0.243 e. The minimum atomic E-state index is -3.97. The van der Waals surface area contributed by atoms with Gasteiger partial charge in [0.1, 0.15) is 0 Å². The monoisotopic (exact) mass is 486 g/mol. The number of nitrogens with one attached hydrogen (secondary N) is 1. The third-order valence-corrected chi connectivity index (χ3v) is 7.12. The summed E-state index contributed by atoms with van der Waals surface area (Å²) in [5.41, 5.74) is 0.982. The molecule has 182 valence electrons. The van der Waals surface area contributed by atoms with Gasteiger partial charge in [-0.05, 0) is 30.5 Å². The van der Waals surface area contributed by atoms with E-state index in [4.69, 9.17) is 9.47 Å². The first-order valence-electron chi connectivity index (χ1n) is 10.9. The van der Waals surface area contributed by atoms with E-state index >= 15 is 0 Å². The van der Waals surface area contributed by atoms with Gasteiger partial charge in [0, 0.05) is 38.1 Å². The van der Waals surface area contributed by atoms with Crippen LogP contribution >= 0.6 is 0 Å². The van der Waals surface area contributed by atoms with Crippen molar-refractivity contribution in [2.75, 3.05) is 33.9 Å². The summed E-state index contributed by atoms with van der Waals surface area (Å²) in [7, 11) is -1.04. The van der Waals surface area contributed by atoms with E-state index in [1.165, 1.54) is 36.7 Å². The number of methoxy groups -OCH3 is 2. The molecule has 0 aliphatic rings. The van der Waals surface area contributed by atoms with E-state index in [9.17, 15) is 13.2 Å². The number of hydrogen-bond donors (Lipinski definition) is 1. The van der Waals surface area contributed by atoms with E-state index in [0.29, 0.717) is 37.4 Å². The highest BCUT2D eigenvalue weighted by Crippen LogP contribution is 2.30. The normalized spacial score (nSPS) is 11.4. The Hall–Kier alpha value is -3.37. The Labute approximate surface area is 200 Å². The molecule has 0 saturated carbocycles. The number of sulfonamides is 1. The van der Waals surface area contributed by atoms with Crippen LogP contribution in [0.5, 0.6) is 11.5 Å². The minimum absolute atomic E-state index is 0.0334. The standard InChI is InChI=1S/C24H30N4O5S/c1-32-22-10-9-21(17-23(22)33-2)34(30,31)28(15-11-20-7-4-3-5-8-20)18-24(29)26-12-6-14-27-16-13-25-19-27/h3-5,7-10,13,16-17,19H,6,11-12,14-15,18H2,1-2H3,(H,26,29). The molecule has 2 aromatic carbocycles. The maximum absolute atomic E-state index is 13.5. The Kier molecular flexibility index (Phi) is 9.06. The number of aryl methyl sites for hydroxylation is 1. The van der Waals surface area contributed by atoms with Crippen LogP contribution in [0, 0.1) is 0 Å². The summed E-state index contributed by atoms with van der Waals surface area (Å²) < 4.78 is 40.6. The SMILES string of the molecule is COc1ccc(S(=O)(=O)N(CCc2ccccc2)CC(=O)NCCCn2ccnc2)cc1OC. The van der Waals surface area contributed by atoms with E-state index in [1.54, 1.807) is 12.5 Å². The van der Waals surface area contributed by atoms with Crippen LogP contribution in [0.15, 0.2) is 72.1 Å². The molecule has 0 radical (unpaired) electrons. The van der Waals surface area contributed by atoms with Crippen molar-refractivity contribution in [3.8, 4) is 11.5 Å². The summed E-state index contributed by atoms with van der Waals surface area (Å²) in [5.74, 6) is 0.367. The topological polar surface area (TPSA) is 103 Å². The zero-order valence-electron chi connectivity index (χ0n) is 19.4. The number of benzene rings is 2. The molecule has 0 fully saturated rings. The fourth-order valence-corrected chi connectivity index (χ4v) is 4.85. The van der Waals surface area contributed by atoms with Gasteiger partial charge in [-0.25, -0.2) is 13.4 Å². The van der Waals surface area contributed by atoms with Gasteiger partial charge in [0.2, 0.25) is 15.9 Å². The predicted molar refractivity (Wildman–Crippen MR) is 128 cm³/mol. The molecule has 34 heavy (non-hydrogen) atoms. The molecule has 1 heterocycles. The van der Waals surface area contributed by atoms with Crippen molar-refractivity contribution in [1.29, 1.82) is 0 Å². The summed E-state index contributed by atoms with van der Waals surface area (Å²) in [4.78, 5) is 16.7. The van der Waals surface area contributed by atoms with Crippen molar-refractivity contribution in [1.82, 2.24) is 19.2 Å². The highest BCUT2D eigenvalue weighted by molar-refractivity contribution is 7.89. The second-order valence-corrected chi connectivity index (χ2v) is 9.53. The molecule has 1 aromatic heterocycles. The molecular weight excluding hydrogens is 456 g/mol. The van der Waals surface area contributed by atoms with Gasteiger partial charge >= 0.3 is 0 Å². The van der Waals surface area contributed by atoms with Crippen molar-refractivity contribution in [3.05, 3.63) is 72.8 Å². The average Bonchev–Trinajstić information content (AvgIpc) is 3.38. The number of nitrogens with zero attached hydrogens (tertiary/aromatic N) is 3. The van der Waals surface area contributed by atoms with E-state index in [2.05, 4.69) is 10.3 Å². The van der Waals surface area contributed by atoms with Crippen LogP contribution in [0.2, 0.25) is 0 Å². The Morgan fingerprint density at radius 2 is 1.85 bits per heavy atom. The van der Waals surface area contributed by atoms with Crippen LogP contribution in [-0.2, 0) is 27.8 Å². The Morgan fingerprint density at radius 1 is 1.09 bits per heavy atom. The molecule has 0 bridgehead atoms. The van der Waals surface area contributed by atoms with Crippen LogP contribution in [0.4, 0.5) is 0 Å². The van der Waals surface area contributed by atoms with Crippen molar-refractivity contribution >= 4 is 15.9 Å². The third kappa shape index (κ3) is 6.82. The number of carbonyl (C=O) groups is 1. The first-order chi connectivity index (χ1) is 16.4. The molecule has 0 saturated heterocycles. The number of amides is 1. The largest absolute Gasteiger partial charge is 0.493 e. The summed E-state index contributed by atoms with van der Waals surface area (Å²) in [6.45, 7) is 1.01. The van der Waals surface area contributed by atoms with Gasteiger partial charge in [-0.15, -0.1) is 0 Å². The van der Waals surface area contributed by atoms with E-state index in [1.807, 2.05) is 41.1 Å². The zero-order chi connectivity index (χ0) is 24.4. The van der Waals surface area contributed by atoms with Crippen LogP contribution in [0.1, 0.15) is 12.0 Å². The lowest BCUT2D eigenvalue weighted by Crippen LogP contribution is -2.42. The van der Waals surface area contributed by atoms with Gasteiger partial charge in [-0.3, -0.25) is 4.79 Å². The number of ether oxygens (including phenoxy) is 2. The number of carbonyl (C=O) groups excluding carboxylic acids is 1. The third-order valence-electron chi connectivity index (χ3n) is 5.28. The summed E-state index contributed by atoms with van der Waals surface area (Å²) in [6, 6.07) is 14.0. The Morgan fingerprint density at radius 3 is 2.53 bits per heavy atom. The number of rotatable bonds is 13. The first kappa shape index (κ1) is 25.3. The fourth-order valence-electron chi connectivity index (χ4n) is 3.43. The Balaban J connectivity index is 1.71. The summed E-state index contributed by atoms with van der Waals surface area (Å²) in [6.07, 6.45) is 6.43. The maximum atomic E-state index is 13.5. The van der Waals surface area contributed by atoms with Crippen LogP contribution in [-0.4, -0.2) is 62.0 Å². The second kappa shape index (κ2) is 12.2. The van der Waals surface area contributed by atoms with Crippen LogP contribution in [0.25, 0.3) is 0 Å². The molecule has 3 rings (SSSR count). The Bertz CT molecular complexity index is 1150. The van der Waals surface area contributed by atoms with E-state index in [0.717, 1.165) is 5.56 Å². The number of hydrogen-bond acceptors (Lipinski definition) is 6. The highest BCUT2D eigenvalue weighted by Gasteiger charge is 2.27. The number of imidazole rings is 1. The lowest BCUT2D eigenvalue weighted by atomic mass is 10.1. The predicted octanol–water partition coefficient (Wildman–Crippen LogP) is 2.34. The van der Waals surface area contributed by atoms with Crippen molar-refractivity contribution in [2.45, 2.75) is 24.3 Å². The summed E-state index contributed by atoms with van der Waals surface area (Å²) >= 11 is 0. The minimum Gasteiger partial charge on any atom is -0.493 e. The first-order valence-corrected chi connectivity index (χ1v) is 12.4. The van der Waals surface area contributed by atoms with E-state index in [-0.39, 0.29) is 23.9 Å². The highest BCUT2D eigenvalue weighted by atomic mass is 32.2. The molecule has 10 heteroatoms. The molecule has 1 N–H and O–H groups in total. The molecular formula is C24H30N4O5S. The van der Waals surface area contributed by atoms with Gasteiger partial charge in [0.05, 0.1) is 32.0 Å². The molecule has 0 unspecified atom stereocenters. The molecule has 0 spiro atoms. The van der Waals surface area contributed by atoms with Crippen LogP contribution < -0.4 is 14.8 Å². The molecule has 3 aromatic rings. The van der Waals surface area contributed by atoms with Gasteiger partial charge in [-0.2, -0.15) is 4.31 Å². The summed E-state index contributed by atoms with van der Waals surface area (Å²) in [5, 5.41) is 2.81. The van der Waals surface area contributed by atoms with E-state index < -0.39 is 10.0 Å². The molecule has 1 amide bonds. The number of aromatic nitrogens is 2. The second-order valence-electron chi connectivity index (χ2n) is 7.59. The zero-order valence-corrected chi connectivity index (χ0v) is 20.2. The van der Waals surface area contributed by atoms with Gasteiger partial charge in [0.15, 0.2) is 11.5 Å². The molecule has 9 nitrogen and oxygen atoms in total. The quantitative estimate of drug-likeness (QED) is 0.372. The van der Waals surface area contributed by atoms with Crippen molar-refractivity contribution in [3.63, 3.8) is 0 Å². The van der Waals surface area contributed by atoms with Gasteiger partial charge < -0.3 is 19.4 Å². The maximum Gasteiger partial charge on any atom is 0.243 e. The van der Waals surface area contributed by atoms with Gasteiger partial charge in [-0.1, -0.05) is 30.3 Å². The van der Waals surface area contributed by atoms with Gasteiger partial charge in [0.25, 0.3) is 0 Å². The lowest BCUT2D eigenvalue weighted by Gasteiger charge is -2.22. The van der Waals surface area contributed by atoms with Crippen LogP contribution in [0.3, 0.4) is 0 Å². The molecule has 0 atom stereocenters. The van der Waals surface area contributed by atoms with Crippen molar-refractivity contribution < 1.29 is 22.7 Å². The molecule has 0 aliphatic carbocycles. The fraction of sp³-hybridized carbons (Fsp3) is 0.333. The molecule has 0 aliphatic heterocycles. The lowest BCUT2D eigenvalue weighted by molar-refractivity contribution is -0.121. The van der Waals surface area contributed by atoms with Crippen molar-refractivity contribution in [2.24, 2.45) is 0 Å². The average molecular weight is 487 g/mol.